The molecule has 3 heterocycles. The number of anilines is 2. The van der Waals surface area contributed by atoms with Gasteiger partial charge in [0.1, 0.15) is 36.6 Å². The molecule has 5 rings (SSSR count). The molecule has 1 saturated heterocycles. The highest BCUT2D eigenvalue weighted by Gasteiger charge is 2.32. The van der Waals surface area contributed by atoms with E-state index in [9.17, 15) is 10.4 Å². The zero-order valence-electron chi connectivity index (χ0n) is 29.0. The summed E-state index contributed by atoms with van der Waals surface area (Å²) in [7, 11) is 0. The number of nitriles is 1. The van der Waals surface area contributed by atoms with Gasteiger partial charge in [-0.3, -0.25) is 14.6 Å². The van der Waals surface area contributed by atoms with Crippen molar-refractivity contribution < 1.29 is 19.3 Å². The van der Waals surface area contributed by atoms with Crippen LogP contribution < -0.4 is 20.5 Å². The van der Waals surface area contributed by atoms with Gasteiger partial charge in [-0.1, -0.05) is 6.07 Å². The van der Waals surface area contributed by atoms with Crippen molar-refractivity contribution in [1.29, 1.82) is 5.26 Å². The average Bonchev–Trinajstić information content (AvgIpc) is 3.48. The third kappa shape index (κ3) is 9.97. The Morgan fingerprint density at radius 2 is 1.84 bits per heavy atom. The number of aliphatic hydroxyl groups is 1. The molecule has 3 aromatic rings. The molecule has 4 N–H and O–H groups in total. The molecular weight excluding hydrogens is 624 g/mol. The molecule has 0 spiro atoms. The van der Waals surface area contributed by atoms with E-state index in [0.29, 0.717) is 41.4 Å². The van der Waals surface area contributed by atoms with Crippen LogP contribution in [0.15, 0.2) is 46.8 Å². The van der Waals surface area contributed by atoms with Crippen molar-refractivity contribution in [3.63, 3.8) is 0 Å². The minimum Gasteiger partial charge on any atom is -0.487 e. The Labute approximate surface area is 288 Å². The van der Waals surface area contributed by atoms with Crippen LogP contribution >= 0.6 is 0 Å². The predicted octanol–water partition coefficient (Wildman–Crippen LogP) is 4.48. The van der Waals surface area contributed by atoms with E-state index in [2.05, 4.69) is 50.1 Å². The van der Waals surface area contributed by atoms with Crippen LogP contribution in [0.25, 0.3) is 11.1 Å². The maximum Gasteiger partial charge on any atom is 0.257 e. The summed E-state index contributed by atoms with van der Waals surface area (Å²) in [6.07, 6.45) is 12.3. The smallest absolute Gasteiger partial charge is 0.257 e. The van der Waals surface area contributed by atoms with E-state index in [1.807, 2.05) is 23.9 Å². The summed E-state index contributed by atoms with van der Waals surface area (Å²) >= 11 is 0. The van der Waals surface area contributed by atoms with Gasteiger partial charge in [-0.15, -0.1) is 5.10 Å². The van der Waals surface area contributed by atoms with Crippen LogP contribution in [-0.2, 0) is 4.74 Å². The third-order valence-corrected chi connectivity index (χ3v) is 8.52. The zero-order chi connectivity index (χ0) is 35.0. The number of morpholine rings is 1. The maximum atomic E-state index is 10.3. The molecule has 0 unspecified atom stereocenters. The van der Waals surface area contributed by atoms with Crippen LogP contribution in [0.5, 0.6) is 11.6 Å². The Morgan fingerprint density at radius 3 is 2.49 bits per heavy atom. The fourth-order valence-corrected chi connectivity index (χ4v) is 6.29. The molecule has 0 amide bonds. The van der Waals surface area contributed by atoms with E-state index >= 15 is 0 Å². The summed E-state index contributed by atoms with van der Waals surface area (Å²) in [5.74, 6) is 1.19. The number of hydrogen-bond acceptors (Lipinski definition) is 11. The molecule has 0 radical (unpaired) electrons. The summed E-state index contributed by atoms with van der Waals surface area (Å²) in [5.41, 5.74) is 6.78. The van der Waals surface area contributed by atoms with Gasteiger partial charge in [0.05, 0.1) is 48.5 Å². The summed E-state index contributed by atoms with van der Waals surface area (Å²) < 4.78 is 19.9. The minimum absolute atomic E-state index is 0.0777. The molecule has 1 saturated carbocycles. The standard InChI is InChI=1S/C35H48N10O4/c1-23(14-38-22-39-21-37)49-32-12-26(6-7-27(32)13-36)28-15-40-34(41-16-28)42-31-19-45(43-33(31)47-20-35(4,5)46)30-10-8-29(9-11-30)44-17-24(2)48-25(3)18-44/h6-7,12,15-16,19,21-25,29-30,46H,8-11,14,17-18,20H2,1-5H3,(H2,37,38,39)(H,40,41,42)/t23-,24-,25+,29?,30?/m0/s1. The van der Waals surface area contributed by atoms with Crippen LogP contribution in [0.3, 0.4) is 0 Å². The van der Waals surface area contributed by atoms with Crippen LogP contribution in [0.4, 0.5) is 11.6 Å². The lowest BCUT2D eigenvalue weighted by atomic mass is 9.89. The minimum atomic E-state index is -1.03. The van der Waals surface area contributed by atoms with Crippen LogP contribution in [0.2, 0.25) is 0 Å². The van der Waals surface area contributed by atoms with E-state index in [4.69, 9.17) is 25.0 Å². The second-order valence-electron chi connectivity index (χ2n) is 13.6. The number of nitrogens with one attached hydrogen (secondary N) is 1. The second-order valence-corrected chi connectivity index (χ2v) is 13.6. The Kier molecular flexibility index (Phi) is 11.8. The van der Waals surface area contributed by atoms with E-state index < -0.39 is 5.60 Å². The number of nitrogens with zero attached hydrogens (tertiary/aromatic N) is 8. The van der Waals surface area contributed by atoms with Crippen LogP contribution in [0.1, 0.15) is 71.9 Å². The first-order valence-corrected chi connectivity index (χ1v) is 16.9. The molecule has 14 heteroatoms. The molecule has 0 bridgehead atoms. The van der Waals surface area contributed by atoms with Crippen molar-refractivity contribution in [2.45, 2.75) is 96.3 Å². The lowest BCUT2D eigenvalue weighted by Crippen LogP contribution is -2.51. The molecule has 2 fully saturated rings. The maximum absolute atomic E-state index is 10.3. The summed E-state index contributed by atoms with van der Waals surface area (Å²) in [6.45, 7) is 11.9. The fourth-order valence-electron chi connectivity index (χ4n) is 6.29. The van der Waals surface area contributed by atoms with Gasteiger partial charge >= 0.3 is 0 Å². The van der Waals surface area contributed by atoms with Crippen LogP contribution in [0, 0.1) is 11.3 Å². The van der Waals surface area contributed by atoms with Gasteiger partial charge in [-0.2, -0.15) is 5.26 Å². The highest BCUT2D eigenvalue weighted by atomic mass is 16.5. The first kappa shape index (κ1) is 35.7. The Bertz CT molecular complexity index is 1610. The highest BCUT2D eigenvalue weighted by Crippen LogP contribution is 2.36. The van der Waals surface area contributed by atoms with Gasteiger partial charge in [0.25, 0.3) is 5.88 Å². The average molecular weight is 673 g/mol. The third-order valence-electron chi connectivity index (χ3n) is 8.52. The number of nitrogens with two attached hydrogens (primary N) is 1. The normalized spacial score (nSPS) is 22.6. The quantitative estimate of drug-likeness (QED) is 0.172. The van der Waals surface area contributed by atoms with Gasteiger partial charge in [-0.25, -0.2) is 15.0 Å². The van der Waals surface area contributed by atoms with Crippen molar-refractivity contribution in [2.75, 3.05) is 31.6 Å². The van der Waals surface area contributed by atoms with Gasteiger partial charge in [0, 0.05) is 37.1 Å². The van der Waals surface area contributed by atoms with E-state index in [1.54, 1.807) is 38.4 Å². The zero-order valence-corrected chi connectivity index (χ0v) is 29.0. The number of aliphatic imine (C=N–C) groups is 2. The Morgan fingerprint density at radius 1 is 1.14 bits per heavy atom. The lowest BCUT2D eigenvalue weighted by molar-refractivity contribution is -0.0852. The molecular formula is C35H48N10O4. The van der Waals surface area contributed by atoms with Gasteiger partial charge in [0.2, 0.25) is 5.95 Å². The molecule has 1 aliphatic heterocycles. The van der Waals surface area contributed by atoms with Crippen molar-refractivity contribution in [3.05, 3.63) is 42.4 Å². The van der Waals surface area contributed by atoms with E-state index in [0.717, 1.165) is 56.2 Å². The largest absolute Gasteiger partial charge is 0.487 e. The molecule has 1 aromatic carbocycles. The number of hydrogen-bond donors (Lipinski definition) is 3. The summed E-state index contributed by atoms with van der Waals surface area (Å²) in [5, 5.41) is 28.0. The molecule has 2 aromatic heterocycles. The number of ether oxygens (including phenoxy) is 3. The fraction of sp³-hybridized carbons (Fsp3) is 0.543. The van der Waals surface area contributed by atoms with Gasteiger partial charge < -0.3 is 30.4 Å². The van der Waals surface area contributed by atoms with Gasteiger partial charge in [-0.05, 0) is 78.0 Å². The topological polar surface area (TPSA) is 181 Å². The molecule has 14 nitrogen and oxygen atoms in total. The molecule has 2 aliphatic rings. The second kappa shape index (κ2) is 16.2. The number of aromatic nitrogens is 4. The Balaban J connectivity index is 1.27. The SMILES string of the molecule is C[C@@H]1CN(C2CCC(n3cc(Nc4ncc(-c5ccc(C#N)c(O[C@@H](C)CN=CN=CN)c5)cn4)c(OCC(C)(C)O)n3)CC2)C[C@H](C)O1. The van der Waals surface area contributed by atoms with Gasteiger partial charge in [0.15, 0.2) is 0 Å². The first-order valence-electron chi connectivity index (χ1n) is 16.9. The number of benzene rings is 1. The molecule has 1 aliphatic carbocycles. The van der Waals surface area contributed by atoms with Crippen molar-refractivity contribution >= 4 is 24.3 Å². The highest BCUT2D eigenvalue weighted by molar-refractivity contribution is 5.69. The number of rotatable bonds is 13. The van der Waals surface area contributed by atoms with Crippen molar-refractivity contribution in [3.8, 4) is 28.8 Å². The lowest BCUT2D eigenvalue weighted by Gasteiger charge is -2.42. The molecule has 49 heavy (non-hydrogen) atoms. The van der Waals surface area contributed by atoms with Crippen molar-refractivity contribution in [1.82, 2.24) is 24.6 Å². The molecule has 3 atom stereocenters. The van der Waals surface area contributed by atoms with E-state index in [-0.39, 0.29) is 31.0 Å². The summed E-state index contributed by atoms with van der Waals surface area (Å²) in [6, 6.07) is 8.30. The summed E-state index contributed by atoms with van der Waals surface area (Å²) in [4.78, 5) is 19.6. The predicted molar refractivity (Wildman–Crippen MR) is 188 cm³/mol. The monoisotopic (exact) mass is 672 g/mol. The molecule has 262 valence electrons. The van der Waals surface area contributed by atoms with Crippen molar-refractivity contribution in [2.24, 2.45) is 15.7 Å². The first-order chi connectivity index (χ1) is 23.5. The van der Waals surface area contributed by atoms with E-state index in [1.165, 1.54) is 6.34 Å². The van der Waals surface area contributed by atoms with Crippen LogP contribution in [-0.4, -0.2) is 98.6 Å². The Hall–Kier alpha value is -4.58.